The van der Waals surface area contributed by atoms with Gasteiger partial charge in [-0.05, 0) is 37.5 Å². The van der Waals surface area contributed by atoms with Gasteiger partial charge in [0.25, 0.3) is 0 Å². The molecule has 0 spiro atoms. The summed E-state index contributed by atoms with van der Waals surface area (Å²) in [7, 11) is 0. The number of amides is 2. The predicted octanol–water partition coefficient (Wildman–Crippen LogP) is 2.70. The Balaban J connectivity index is 2.45. The zero-order chi connectivity index (χ0) is 15.1. The number of hydrogen-bond donors (Lipinski definition) is 2. The fourth-order valence-electron chi connectivity index (χ4n) is 1.50. The van der Waals surface area contributed by atoms with Gasteiger partial charge in [0.1, 0.15) is 6.04 Å². The van der Waals surface area contributed by atoms with Crippen molar-refractivity contribution in [2.45, 2.75) is 33.7 Å². The molecule has 0 radical (unpaired) electrons. The Hall–Kier alpha value is -2.04. The van der Waals surface area contributed by atoms with Crippen molar-refractivity contribution in [3.63, 3.8) is 0 Å². The van der Waals surface area contributed by atoms with Gasteiger partial charge in [-0.1, -0.05) is 26.0 Å². The molecule has 0 saturated carbocycles. The van der Waals surface area contributed by atoms with Crippen molar-refractivity contribution in [1.82, 2.24) is 5.32 Å². The minimum absolute atomic E-state index is 0.261. The zero-order valence-electron chi connectivity index (χ0n) is 12.4. The summed E-state index contributed by atoms with van der Waals surface area (Å²) in [4.78, 5) is 23.4. The standard InChI is InChI=1S/C15H22N2O3/c1-10(2)9-20-15(19)16-12(4)14(18)17-13-7-5-6-11(3)8-13/h5-8,10,12H,9H2,1-4H3,(H,16,19)(H,17,18)/t12-/m0/s1. The van der Waals surface area contributed by atoms with Crippen LogP contribution in [0.5, 0.6) is 0 Å². The van der Waals surface area contributed by atoms with Gasteiger partial charge < -0.3 is 15.4 Å². The fraction of sp³-hybridized carbons (Fsp3) is 0.467. The number of carbonyl (C=O) groups excluding carboxylic acids is 2. The Bertz CT molecular complexity index is 472. The summed E-state index contributed by atoms with van der Waals surface area (Å²) in [5.41, 5.74) is 1.76. The molecule has 0 aliphatic rings. The second-order valence-electron chi connectivity index (χ2n) is 5.22. The summed E-state index contributed by atoms with van der Waals surface area (Å²) in [6.07, 6.45) is -0.578. The van der Waals surface area contributed by atoms with Crippen LogP contribution >= 0.6 is 0 Å². The Morgan fingerprint density at radius 1 is 1.25 bits per heavy atom. The molecular formula is C15H22N2O3. The van der Waals surface area contributed by atoms with E-state index in [1.807, 2.05) is 39.0 Å². The highest BCUT2D eigenvalue weighted by atomic mass is 16.5. The van der Waals surface area contributed by atoms with Crippen molar-refractivity contribution in [3.05, 3.63) is 29.8 Å². The molecule has 2 amide bonds. The molecule has 0 unspecified atom stereocenters. The van der Waals surface area contributed by atoms with Gasteiger partial charge in [0.05, 0.1) is 6.61 Å². The Morgan fingerprint density at radius 2 is 1.95 bits per heavy atom. The molecule has 5 heteroatoms. The molecule has 1 rings (SSSR count). The van der Waals surface area contributed by atoms with Gasteiger partial charge in [0, 0.05) is 5.69 Å². The molecule has 0 fully saturated rings. The van der Waals surface area contributed by atoms with Crippen molar-refractivity contribution < 1.29 is 14.3 Å². The SMILES string of the molecule is Cc1cccc(NC(=O)[C@H](C)NC(=O)OCC(C)C)c1. The first-order chi connectivity index (χ1) is 9.38. The number of aryl methyl sites for hydroxylation is 1. The van der Waals surface area contributed by atoms with Crippen LogP contribution in [0.15, 0.2) is 24.3 Å². The Labute approximate surface area is 119 Å². The van der Waals surface area contributed by atoms with E-state index in [9.17, 15) is 9.59 Å². The smallest absolute Gasteiger partial charge is 0.407 e. The van der Waals surface area contributed by atoms with E-state index in [2.05, 4.69) is 10.6 Å². The molecule has 0 aromatic heterocycles. The lowest BCUT2D eigenvalue weighted by Gasteiger charge is -2.15. The molecule has 1 aromatic rings. The van der Waals surface area contributed by atoms with Gasteiger partial charge in [-0.25, -0.2) is 4.79 Å². The minimum Gasteiger partial charge on any atom is -0.449 e. The highest BCUT2D eigenvalue weighted by Gasteiger charge is 2.16. The molecule has 1 aromatic carbocycles. The monoisotopic (exact) mass is 278 g/mol. The van der Waals surface area contributed by atoms with Crippen LogP contribution in [0.3, 0.4) is 0 Å². The quantitative estimate of drug-likeness (QED) is 0.870. The van der Waals surface area contributed by atoms with E-state index < -0.39 is 12.1 Å². The first-order valence-corrected chi connectivity index (χ1v) is 6.69. The third kappa shape index (κ3) is 5.73. The van der Waals surface area contributed by atoms with Gasteiger partial charge in [-0.2, -0.15) is 0 Å². The Kier molecular flexibility index (Phi) is 6.03. The van der Waals surface area contributed by atoms with E-state index in [1.165, 1.54) is 0 Å². The van der Waals surface area contributed by atoms with Crippen molar-refractivity contribution in [2.24, 2.45) is 5.92 Å². The number of anilines is 1. The van der Waals surface area contributed by atoms with Crippen LogP contribution < -0.4 is 10.6 Å². The van der Waals surface area contributed by atoms with Crippen LogP contribution in [-0.2, 0) is 9.53 Å². The summed E-state index contributed by atoms with van der Waals surface area (Å²) in [6.45, 7) is 7.78. The number of alkyl carbamates (subject to hydrolysis) is 1. The molecule has 1 atom stereocenters. The predicted molar refractivity (Wildman–Crippen MR) is 78.6 cm³/mol. The summed E-state index contributed by atoms with van der Waals surface area (Å²) in [5.74, 6) is -0.0192. The summed E-state index contributed by atoms with van der Waals surface area (Å²) in [5, 5.41) is 5.24. The fourth-order valence-corrected chi connectivity index (χ4v) is 1.50. The van der Waals surface area contributed by atoms with E-state index in [-0.39, 0.29) is 11.8 Å². The van der Waals surface area contributed by atoms with Gasteiger partial charge >= 0.3 is 6.09 Å². The molecule has 0 saturated heterocycles. The maximum absolute atomic E-state index is 11.9. The van der Waals surface area contributed by atoms with Crippen LogP contribution in [0.25, 0.3) is 0 Å². The maximum Gasteiger partial charge on any atom is 0.407 e. The number of ether oxygens (including phenoxy) is 1. The highest BCUT2D eigenvalue weighted by molar-refractivity contribution is 5.96. The van der Waals surface area contributed by atoms with Crippen molar-refractivity contribution in [2.75, 3.05) is 11.9 Å². The molecule has 0 bridgehead atoms. The third-order valence-corrected chi connectivity index (χ3v) is 2.56. The normalized spacial score (nSPS) is 11.8. The van der Waals surface area contributed by atoms with E-state index in [1.54, 1.807) is 13.0 Å². The highest BCUT2D eigenvalue weighted by Crippen LogP contribution is 2.09. The summed E-state index contributed by atoms with van der Waals surface area (Å²) in [6, 6.07) is 6.81. The second kappa shape index (κ2) is 7.53. The Morgan fingerprint density at radius 3 is 2.55 bits per heavy atom. The van der Waals surface area contributed by atoms with Crippen molar-refractivity contribution in [3.8, 4) is 0 Å². The third-order valence-electron chi connectivity index (χ3n) is 2.56. The van der Waals surface area contributed by atoms with Crippen LogP contribution in [0, 0.1) is 12.8 Å². The van der Waals surface area contributed by atoms with E-state index in [0.29, 0.717) is 12.3 Å². The van der Waals surface area contributed by atoms with Gasteiger partial charge in [0.2, 0.25) is 5.91 Å². The molecule has 110 valence electrons. The van der Waals surface area contributed by atoms with E-state index in [4.69, 9.17) is 4.74 Å². The molecule has 0 aliphatic carbocycles. The van der Waals surface area contributed by atoms with Gasteiger partial charge in [-0.3, -0.25) is 4.79 Å². The van der Waals surface area contributed by atoms with Crippen molar-refractivity contribution in [1.29, 1.82) is 0 Å². The maximum atomic E-state index is 11.9. The second-order valence-corrected chi connectivity index (χ2v) is 5.22. The van der Waals surface area contributed by atoms with Gasteiger partial charge in [-0.15, -0.1) is 0 Å². The minimum atomic E-state index is -0.657. The van der Waals surface area contributed by atoms with E-state index in [0.717, 1.165) is 5.56 Å². The lowest BCUT2D eigenvalue weighted by molar-refractivity contribution is -0.117. The summed E-state index contributed by atoms with van der Waals surface area (Å²) < 4.78 is 4.96. The van der Waals surface area contributed by atoms with Crippen LogP contribution in [0.2, 0.25) is 0 Å². The van der Waals surface area contributed by atoms with Gasteiger partial charge in [0.15, 0.2) is 0 Å². The van der Waals surface area contributed by atoms with Crippen LogP contribution in [-0.4, -0.2) is 24.6 Å². The molecule has 20 heavy (non-hydrogen) atoms. The lowest BCUT2D eigenvalue weighted by atomic mass is 10.2. The number of nitrogens with one attached hydrogen (secondary N) is 2. The molecule has 5 nitrogen and oxygen atoms in total. The van der Waals surface area contributed by atoms with Crippen LogP contribution in [0.1, 0.15) is 26.3 Å². The number of benzene rings is 1. The van der Waals surface area contributed by atoms with E-state index >= 15 is 0 Å². The van der Waals surface area contributed by atoms with Crippen molar-refractivity contribution >= 4 is 17.7 Å². The van der Waals surface area contributed by atoms with Crippen LogP contribution in [0.4, 0.5) is 10.5 Å². The lowest BCUT2D eigenvalue weighted by Crippen LogP contribution is -2.42. The summed E-state index contributed by atoms with van der Waals surface area (Å²) >= 11 is 0. The molecule has 0 aliphatic heterocycles. The average Bonchev–Trinajstić information content (AvgIpc) is 2.36. The molecule has 0 heterocycles. The molecule has 2 N–H and O–H groups in total. The largest absolute Gasteiger partial charge is 0.449 e. The topological polar surface area (TPSA) is 67.4 Å². The molecular weight excluding hydrogens is 256 g/mol. The first-order valence-electron chi connectivity index (χ1n) is 6.69. The first kappa shape index (κ1) is 16.0. The zero-order valence-corrected chi connectivity index (χ0v) is 12.4. The average molecular weight is 278 g/mol. The number of hydrogen-bond acceptors (Lipinski definition) is 3. The number of carbonyl (C=O) groups is 2. The number of rotatable bonds is 5.